The molecule has 0 saturated carbocycles. The molecule has 2 saturated heterocycles. The van der Waals surface area contributed by atoms with Crippen LogP contribution in [-0.4, -0.2) is 42.5 Å². The van der Waals surface area contributed by atoms with Crippen LogP contribution in [0.4, 0.5) is 17.6 Å². The Balaban J connectivity index is 1.60. The van der Waals surface area contributed by atoms with Crippen molar-refractivity contribution in [3.63, 3.8) is 0 Å². The van der Waals surface area contributed by atoms with Crippen molar-refractivity contribution >= 4 is 11.8 Å². The highest BCUT2D eigenvalue weighted by Gasteiger charge is 2.42. The number of hydrogen-bond donors (Lipinski definition) is 1. The summed E-state index contributed by atoms with van der Waals surface area (Å²) in [6.45, 7) is 4.39. The predicted molar refractivity (Wildman–Crippen MR) is 121 cm³/mol. The van der Waals surface area contributed by atoms with Gasteiger partial charge in [-0.15, -0.1) is 6.58 Å². The molecule has 10 heteroatoms. The van der Waals surface area contributed by atoms with Crippen molar-refractivity contribution in [2.24, 2.45) is 11.8 Å². The van der Waals surface area contributed by atoms with Crippen molar-refractivity contribution in [1.82, 2.24) is 10.2 Å². The van der Waals surface area contributed by atoms with Crippen LogP contribution in [0, 0.1) is 29.0 Å². The van der Waals surface area contributed by atoms with E-state index in [1.165, 1.54) is 11.0 Å². The normalized spacial score (nSPS) is 20.8. The van der Waals surface area contributed by atoms with E-state index < -0.39 is 41.5 Å². The lowest BCUT2D eigenvalue weighted by atomic mass is 9.90. The molecule has 1 N–H and O–H groups in total. The molecule has 2 aromatic rings. The number of likely N-dealkylation sites (tertiary alicyclic amines) is 1. The smallest absolute Gasteiger partial charge is 0.381 e. The van der Waals surface area contributed by atoms with Gasteiger partial charge in [0.05, 0.1) is 36.5 Å². The van der Waals surface area contributed by atoms with Crippen LogP contribution in [0.5, 0.6) is 0 Å². The molecule has 4 rings (SSSR count). The van der Waals surface area contributed by atoms with Crippen molar-refractivity contribution in [3.8, 4) is 6.07 Å². The van der Waals surface area contributed by atoms with Crippen molar-refractivity contribution in [3.05, 3.63) is 83.2 Å². The number of hydrogen-bond acceptors (Lipinski definition) is 4. The number of nitrogens with one attached hydrogen (secondary N) is 1. The van der Waals surface area contributed by atoms with Gasteiger partial charge in [0.25, 0.3) is 5.91 Å². The van der Waals surface area contributed by atoms with Gasteiger partial charge in [0, 0.05) is 23.6 Å². The zero-order valence-corrected chi connectivity index (χ0v) is 19.1. The maximum Gasteiger partial charge on any atom is 0.416 e. The molecule has 2 heterocycles. The molecule has 36 heavy (non-hydrogen) atoms. The molecule has 0 unspecified atom stereocenters. The van der Waals surface area contributed by atoms with Crippen LogP contribution in [-0.2, 0) is 15.7 Å². The largest absolute Gasteiger partial charge is 0.416 e. The summed E-state index contributed by atoms with van der Waals surface area (Å²) in [5, 5.41) is 11.9. The molecule has 2 aromatic carbocycles. The van der Waals surface area contributed by atoms with Crippen molar-refractivity contribution < 1.29 is 31.9 Å². The first-order chi connectivity index (χ1) is 17.1. The molecular weight excluding hydrogens is 478 g/mol. The molecule has 2 aliphatic rings. The van der Waals surface area contributed by atoms with Crippen LogP contribution >= 0.6 is 0 Å². The number of nitrogens with zero attached hydrogens (tertiary/aromatic N) is 2. The van der Waals surface area contributed by atoms with Crippen LogP contribution in [0.25, 0.3) is 0 Å². The van der Waals surface area contributed by atoms with E-state index in [4.69, 9.17) is 10.00 Å². The monoisotopic (exact) mass is 501 g/mol. The summed E-state index contributed by atoms with van der Waals surface area (Å²) in [6, 6.07) is 8.45. The highest BCUT2D eigenvalue weighted by Crippen LogP contribution is 2.35. The Kier molecular flexibility index (Phi) is 7.13. The molecular formula is C26H23F4N3O3. The van der Waals surface area contributed by atoms with Gasteiger partial charge in [-0.05, 0) is 42.7 Å². The SMILES string of the molecule is C=C[C@@H]1C[C@H](C(=O)N[C@@H](c2ccc(C(F)(F)F)cc2F)C2COC2)N(C(=O)c2cccc(C#N)c2)C1. The zero-order chi connectivity index (χ0) is 26.0. The first-order valence-corrected chi connectivity index (χ1v) is 11.3. The van der Waals surface area contributed by atoms with Crippen molar-refractivity contribution in [2.75, 3.05) is 19.8 Å². The molecule has 0 radical (unpaired) electrons. The van der Waals surface area contributed by atoms with E-state index in [0.717, 1.165) is 12.1 Å². The fourth-order valence-electron chi connectivity index (χ4n) is 4.50. The van der Waals surface area contributed by atoms with Gasteiger partial charge in [-0.2, -0.15) is 18.4 Å². The molecule has 2 fully saturated rings. The summed E-state index contributed by atoms with van der Waals surface area (Å²) < 4.78 is 59.0. The van der Waals surface area contributed by atoms with Gasteiger partial charge < -0.3 is 15.0 Å². The molecule has 2 aliphatic heterocycles. The van der Waals surface area contributed by atoms with E-state index in [2.05, 4.69) is 11.9 Å². The standard InChI is InChI=1S/C26H23F4N3O3/c1-2-15-9-22(33(12-15)25(35)17-5-3-4-16(8-17)11-31)24(34)32-23(18-13-36-14-18)20-7-6-19(10-21(20)27)26(28,29)30/h2-8,10,15,18,22-23H,1,9,12-14H2,(H,32,34)/t15-,22-,23-/m1/s1. The van der Waals surface area contributed by atoms with Gasteiger partial charge in [-0.25, -0.2) is 4.39 Å². The molecule has 0 aromatic heterocycles. The average molecular weight is 501 g/mol. The van der Waals surface area contributed by atoms with Gasteiger partial charge >= 0.3 is 6.18 Å². The molecule has 188 valence electrons. The summed E-state index contributed by atoms with van der Waals surface area (Å²) in [6.07, 6.45) is -2.78. The zero-order valence-electron chi connectivity index (χ0n) is 19.1. The Morgan fingerprint density at radius 3 is 2.56 bits per heavy atom. The Labute approximate surface area is 205 Å². The number of benzene rings is 2. The highest BCUT2D eigenvalue weighted by atomic mass is 19.4. The molecule has 0 aliphatic carbocycles. The van der Waals surface area contributed by atoms with Gasteiger partial charge in [0.1, 0.15) is 11.9 Å². The van der Waals surface area contributed by atoms with E-state index in [1.807, 2.05) is 6.07 Å². The number of rotatable bonds is 6. The van der Waals surface area contributed by atoms with Gasteiger partial charge in [0.15, 0.2) is 0 Å². The third kappa shape index (κ3) is 5.11. The lowest BCUT2D eigenvalue weighted by Crippen LogP contribution is -2.50. The Morgan fingerprint density at radius 2 is 1.97 bits per heavy atom. The predicted octanol–water partition coefficient (Wildman–Crippen LogP) is 4.24. The van der Waals surface area contributed by atoms with E-state index in [9.17, 15) is 27.2 Å². The summed E-state index contributed by atoms with van der Waals surface area (Å²) >= 11 is 0. The first kappa shape index (κ1) is 25.4. The quantitative estimate of drug-likeness (QED) is 0.474. The first-order valence-electron chi connectivity index (χ1n) is 11.3. The van der Waals surface area contributed by atoms with Gasteiger partial charge in [-0.1, -0.05) is 18.2 Å². The highest BCUT2D eigenvalue weighted by molar-refractivity contribution is 5.98. The summed E-state index contributed by atoms with van der Waals surface area (Å²) in [7, 11) is 0. The Bertz CT molecular complexity index is 1220. The number of amides is 2. The van der Waals surface area contributed by atoms with Gasteiger partial charge in [0.2, 0.25) is 5.91 Å². The molecule has 2 amide bonds. The number of carbonyl (C=O) groups is 2. The fourth-order valence-corrected chi connectivity index (χ4v) is 4.50. The van der Waals surface area contributed by atoms with Gasteiger partial charge in [-0.3, -0.25) is 9.59 Å². The fraction of sp³-hybridized carbons (Fsp3) is 0.346. The topological polar surface area (TPSA) is 82.4 Å². The molecule has 0 spiro atoms. The second kappa shape index (κ2) is 10.1. The minimum Gasteiger partial charge on any atom is -0.381 e. The van der Waals surface area contributed by atoms with Crippen molar-refractivity contribution in [1.29, 1.82) is 5.26 Å². The van der Waals surface area contributed by atoms with Crippen LogP contribution in [0.3, 0.4) is 0 Å². The Hall–Kier alpha value is -3.71. The van der Waals surface area contributed by atoms with E-state index in [0.29, 0.717) is 11.6 Å². The molecule has 0 bridgehead atoms. The second-order valence-electron chi connectivity index (χ2n) is 8.92. The molecule has 6 nitrogen and oxygen atoms in total. The third-order valence-corrected chi connectivity index (χ3v) is 6.56. The van der Waals surface area contributed by atoms with E-state index >= 15 is 0 Å². The number of halogens is 4. The second-order valence-corrected chi connectivity index (χ2v) is 8.92. The summed E-state index contributed by atoms with van der Waals surface area (Å²) in [5.41, 5.74) is -0.666. The third-order valence-electron chi connectivity index (χ3n) is 6.56. The van der Waals surface area contributed by atoms with E-state index in [-0.39, 0.29) is 49.1 Å². The van der Waals surface area contributed by atoms with E-state index in [1.54, 1.807) is 24.3 Å². The molecule has 3 atom stereocenters. The van der Waals surface area contributed by atoms with Crippen LogP contribution in [0.1, 0.15) is 39.5 Å². The minimum atomic E-state index is -4.70. The minimum absolute atomic E-state index is 0.0810. The lowest BCUT2D eigenvalue weighted by molar-refractivity contribution is -0.138. The number of ether oxygens (including phenoxy) is 1. The lowest BCUT2D eigenvalue weighted by Gasteiger charge is -2.36. The van der Waals surface area contributed by atoms with Crippen LogP contribution < -0.4 is 5.32 Å². The Morgan fingerprint density at radius 1 is 1.22 bits per heavy atom. The maximum absolute atomic E-state index is 14.8. The van der Waals surface area contributed by atoms with Crippen LogP contribution in [0.15, 0.2) is 55.1 Å². The number of carbonyl (C=O) groups excluding carboxylic acids is 2. The summed E-state index contributed by atoms with van der Waals surface area (Å²) in [4.78, 5) is 28.0. The maximum atomic E-state index is 14.8. The average Bonchev–Trinajstić information content (AvgIpc) is 3.26. The number of nitriles is 1. The summed E-state index contributed by atoms with van der Waals surface area (Å²) in [5.74, 6) is -2.59. The van der Waals surface area contributed by atoms with Crippen molar-refractivity contribution in [2.45, 2.75) is 24.7 Å². The van der Waals surface area contributed by atoms with Crippen LogP contribution in [0.2, 0.25) is 0 Å². The number of alkyl halides is 3.